The van der Waals surface area contributed by atoms with Crippen molar-refractivity contribution >= 4 is 69.2 Å². The molecule has 0 amide bonds. The summed E-state index contributed by atoms with van der Waals surface area (Å²) in [5.41, 5.74) is 22.1. The molecule has 0 heterocycles. The molecule has 10 aromatic rings. The van der Waals surface area contributed by atoms with Crippen molar-refractivity contribution in [3.8, 4) is 22.3 Å². The van der Waals surface area contributed by atoms with Crippen molar-refractivity contribution in [1.29, 1.82) is 0 Å². The molecular weight excluding hydrogens is 845 g/mol. The summed E-state index contributed by atoms with van der Waals surface area (Å²) >= 11 is 0. The average molecular weight is 899 g/mol. The van der Waals surface area contributed by atoms with Crippen molar-refractivity contribution in [1.82, 2.24) is 0 Å². The highest BCUT2D eigenvalue weighted by molar-refractivity contribution is 5.99. The van der Waals surface area contributed by atoms with Crippen LogP contribution in [0.25, 0.3) is 57.3 Å². The molecule has 2 aliphatic carbocycles. The third kappa shape index (κ3) is 7.45. The molecule has 0 saturated heterocycles. The molecule has 0 bridgehead atoms. The topological polar surface area (TPSA) is 6.48 Å². The summed E-state index contributed by atoms with van der Waals surface area (Å²) in [5.74, 6) is 0. The lowest BCUT2D eigenvalue weighted by atomic mass is 9.81. The fraction of sp³-hybridized carbons (Fsp3) is 0.0882. The lowest BCUT2D eigenvalue weighted by Crippen LogP contribution is -2.16. The molecule has 0 aliphatic heterocycles. The van der Waals surface area contributed by atoms with E-state index >= 15 is 0 Å². The van der Waals surface area contributed by atoms with E-state index in [4.69, 9.17) is 0 Å². The smallest absolute Gasteiger partial charge is 0.0465 e. The van der Waals surface area contributed by atoms with Gasteiger partial charge in [-0.15, -0.1) is 0 Å². The maximum Gasteiger partial charge on any atom is 0.0465 e. The first kappa shape index (κ1) is 42.9. The van der Waals surface area contributed by atoms with E-state index in [1.165, 1.54) is 77.5 Å². The molecule has 10 aromatic carbocycles. The largest absolute Gasteiger partial charge is 0.310 e. The second-order valence-corrected chi connectivity index (χ2v) is 19.8. The summed E-state index contributed by atoms with van der Waals surface area (Å²) < 4.78 is 0. The van der Waals surface area contributed by atoms with Crippen LogP contribution in [0.15, 0.2) is 231 Å². The number of anilines is 6. The van der Waals surface area contributed by atoms with Gasteiger partial charge in [0.2, 0.25) is 0 Å². The predicted molar refractivity (Wildman–Crippen MR) is 299 cm³/mol. The van der Waals surface area contributed by atoms with Crippen LogP contribution in [0.4, 0.5) is 34.1 Å². The van der Waals surface area contributed by atoms with Crippen molar-refractivity contribution in [2.75, 3.05) is 9.80 Å². The fourth-order valence-corrected chi connectivity index (χ4v) is 11.2. The predicted octanol–water partition coefficient (Wildman–Crippen LogP) is 18.7. The minimum Gasteiger partial charge on any atom is -0.310 e. The van der Waals surface area contributed by atoms with E-state index in [9.17, 15) is 0 Å². The Morgan fingerprint density at radius 2 is 0.571 bits per heavy atom. The van der Waals surface area contributed by atoms with Gasteiger partial charge in [-0.1, -0.05) is 210 Å². The normalized spacial score (nSPS) is 13.8. The summed E-state index contributed by atoms with van der Waals surface area (Å²) in [5, 5.41) is 2.48. The van der Waals surface area contributed by atoms with Crippen molar-refractivity contribution in [3.05, 3.63) is 275 Å². The second-order valence-electron chi connectivity index (χ2n) is 19.8. The van der Waals surface area contributed by atoms with Gasteiger partial charge in [-0.3, -0.25) is 0 Å². The number of benzene rings is 10. The van der Waals surface area contributed by atoms with E-state index < -0.39 is 0 Å². The Labute approximate surface area is 412 Å². The van der Waals surface area contributed by atoms with Crippen molar-refractivity contribution < 1.29 is 0 Å². The summed E-state index contributed by atoms with van der Waals surface area (Å²) in [6, 6.07) is 84.0. The quantitative estimate of drug-likeness (QED) is 0.126. The Hall–Kier alpha value is -8.46. The molecule has 2 aliphatic rings. The van der Waals surface area contributed by atoms with Crippen LogP contribution in [0.1, 0.15) is 72.2 Å². The minimum absolute atomic E-state index is 0.167. The number of rotatable bonds is 10. The molecule has 0 N–H and O–H groups in total. The number of hydrogen-bond donors (Lipinski definition) is 0. The summed E-state index contributed by atoms with van der Waals surface area (Å²) in [4.78, 5) is 4.71. The molecule has 2 nitrogen and oxygen atoms in total. The zero-order valence-electron chi connectivity index (χ0n) is 40.1. The molecule has 2 heteroatoms. The number of fused-ring (bicyclic) bond motifs is 7. The van der Waals surface area contributed by atoms with Crippen LogP contribution in [0, 0.1) is 0 Å². The monoisotopic (exact) mass is 898 g/mol. The highest BCUT2D eigenvalue weighted by atomic mass is 15.1. The summed E-state index contributed by atoms with van der Waals surface area (Å²) in [7, 11) is 0. The van der Waals surface area contributed by atoms with E-state index in [0.717, 1.165) is 34.1 Å². The highest BCUT2D eigenvalue weighted by Gasteiger charge is 2.37. The van der Waals surface area contributed by atoms with Crippen LogP contribution >= 0.6 is 0 Å². The fourth-order valence-electron chi connectivity index (χ4n) is 11.2. The van der Waals surface area contributed by atoms with E-state index in [0.29, 0.717) is 0 Å². The van der Waals surface area contributed by atoms with Gasteiger partial charge in [0.15, 0.2) is 0 Å². The number of para-hydroxylation sites is 4. The molecule has 0 aromatic heterocycles. The molecule has 0 spiro atoms. The van der Waals surface area contributed by atoms with Gasteiger partial charge in [-0.2, -0.15) is 0 Å². The Morgan fingerprint density at radius 1 is 0.271 bits per heavy atom. The van der Waals surface area contributed by atoms with Gasteiger partial charge in [-0.05, 0) is 150 Å². The van der Waals surface area contributed by atoms with E-state index in [1.54, 1.807) is 0 Å². The summed E-state index contributed by atoms with van der Waals surface area (Å²) in [6.45, 7) is 9.48. The SMILES string of the molecule is CC1(C)c2cc(/C=C/c3ccc(/C=C/c4ccc5c(c4)C(C)(C)c4cc(N(c6ccccc6)c6ccccc6)ccc4-5)c4ccccc34)ccc2-c2ccc(N(c3ccccc3)c3ccccc3)cc21. The third-order valence-electron chi connectivity index (χ3n) is 14.8. The zero-order chi connectivity index (χ0) is 47.4. The first-order chi connectivity index (χ1) is 34.2. The maximum atomic E-state index is 2.40. The Balaban J connectivity index is 0.806. The molecule has 0 fully saturated rings. The molecule has 0 saturated carbocycles. The second kappa shape index (κ2) is 17.3. The van der Waals surface area contributed by atoms with Crippen LogP contribution in [0.2, 0.25) is 0 Å². The molecular formula is C68H54N2. The Morgan fingerprint density at radius 3 is 0.914 bits per heavy atom. The third-order valence-corrected chi connectivity index (χ3v) is 14.8. The Bertz CT molecular complexity index is 3320. The zero-order valence-corrected chi connectivity index (χ0v) is 40.1. The lowest BCUT2D eigenvalue weighted by Gasteiger charge is -2.28. The van der Waals surface area contributed by atoms with E-state index in [1.807, 2.05) is 0 Å². The van der Waals surface area contributed by atoms with Crippen LogP contribution < -0.4 is 9.80 Å². The lowest BCUT2D eigenvalue weighted by molar-refractivity contribution is 0.660. The molecule has 70 heavy (non-hydrogen) atoms. The highest BCUT2D eigenvalue weighted by Crippen LogP contribution is 2.53. The molecule has 336 valence electrons. The van der Waals surface area contributed by atoms with Gasteiger partial charge in [0, 0.05) is 45.0 Å². The molecule has 0 unspecified atom stereocenters. The van der Waals surface area contributed by atoms with Gasteiger partial charge in [-0.25, -0.2) is 0 Å². The minimum atomic E-state index is -0.167. The van der Waals surface area contributed by atoms with Gasteiger partial charge >= 0.3 is 0 Å². The van der Waals surface area contributed by atoms with E-state index in [-0.39, 0.29) is 10.8 Å². The van der Waals surface area contributed by atoms with Gasteiger partial charge in [0.1, 0.15) is 0 Å². The van der Waals surface area contributed by atoms with E-state index in [2.05, 4.69) is 292 Å². The van der Waals surface area contributed by atoms with Gasteiger partial charge < -0.3 is 9.80 Å². The van der Waals surface area contributed by atoms with Crippen molar-refractivity contribution in [2.45, 2.75) is 38.5 Å². The number of hydrogen-bond acceptors (Lipinski definition) is 2. The van der Waals surface area contributed by atoms with Crippen LogP contribution in [0.3, 0.4) is 0 Å². The van der Waals surface area contributed by atoms with Crippen LogP contribution in [-0.4, -0.2) is 0 Å². The standard InChI is InChI=1S/C68H54N2/c1-67(2)63-43-47(31-39-59(63)61-41-37-55(45-65(61)67)69(51-19-9-5-10-20-51)52-21-11-6-12-22-52)29-33-49-35-36-50(58-28-18-17-27-57(49)58)34-30-48-32-40-60-62-42-38-56(46-66(62)68(3,4)64(60)44-48)70(53-23-13-7-14-24-53)54-25-15-8-16-26-54/h5-46H,1-4H3/b33-29+,34-30+. The first-order valence-electron chi connectivity index (χ1n) is 24.5. The van der Waals surface area contributed by atoms with Gasteiger partial charge in [0.25, 0.3) is 0 Å². The molecule has 0 atom stereocenters. The van der Waals surface area contributed by atoms with Crippen molar-refractivity contribution in [3.63, 3.8) is 0 Å². The number of nitrogens with zero attached hydrogens (tertiary/aromatic N) is 2. The maximum absolute atomic E-state index is 2.40. The van der Waals surface area contributed by atoms with Gasteiger partial charge in [0.05, 0.1) is 0 Å². The van der Waals surface area contributed by atoms with Crippen molar-refractivity contribution in [2.24, 2.45) is 0 Å². The summed E-state index contributed by atoms with van der Waals surface area (Å²) in [6.07, 6.45) is 9.13. The molecule has 12 rings (SSSR count). The first-order valence-corrected chi connectivity index (χ1v) is 24.5. The molecule has 0 radical (unpaired) electrons. The van der Waals surface area contributed by atoms with Crippen LogP contribution in [0.5, 0.6) is 0 Å². The van der Waals surface area contributed by atoms with Crippen LogP contribution in [-0.2, 0) is 10.8 Å². The average Bonchev–Trinajstić information content (AvgIpc) is 3.76. The Kier molecular flexibility index (Phi) is 10.6.